The van der Waals surface area contributed by atoms with Gasteiger partial charge in [-0.2, -0.15) is 0 Å². The Morgan fingerprint density at radius 1 is 0.852 bits per heavy atom. The summed E-state index contributed by atoms with van der Waals surface area (Å²) in [7, 11) is 3.35. The molecule has 0 aliphatic carbocycles. The lowest BCUT2D eigenvalue weighted by molar-refractivity contribution is -0.444. The van der Waals surface area contributed by atoms with Crippen LogP contribution in [0.4, 0.5) is 0 Å². The first-order valence-electron chi connectivity index (χ1n) is 9.06. The Hall–Kier alpha value is -3.02. The molecule has 0 atom stereocenters. The maximum absolute atomic E-state index is 6.45. The zero-order valence-electron chi connectivity index (χ0n) is 15.8. The van der Waals surface area contributed by atoms with Crippen LogP contribution in [0.25, 0.3) is 0 Å². The van der Waals surface area contributed by atoms with Crippen LogP contribution in [-0.4, -0.2) is 42.8 Å². The minimum atomic E-state index is -2.02. The Morgan fingerprint density at radius 2 is 1.33 bits per heavy atom. The number of benzene rings is 2. The minimum Gasteiger partial charge on any atom is -0.656 e. The molecule has 0 N–H and O–H groups in total. The average molecular weight is 362 g/mol. The summed E-state index contributed by atoms with van der Waals surface area (Å²) in [5.41, 5.74) is 2.96. The number of fused-ring (bicyclic) bond motifs is 2. The fraction of sp³-hybridized carbons (Fsp3) is 0.211. The molecule has 0 radical (unpaired) electrons. The highest BCUT2D eigenvalue weighted by molar-refractivity contribution is 7.19. The van der Waals surface area contributed by atoms with Gasteiger partial charge in [0.15, 0.2) is 11.2 Å². The zero-order chi connectivity index (χ0) is 18.8. The molecule has 27 heavy (non-hydrogen) atoms. The molecule has 0 saturated carbocycles. The van der Waals surface area contributed by atoms with Crippen molar-refractivity contribution in [2.45, 2.75) is 13.8 Å². The van der Waals surface area contributed by atoms with E-state index in [2.05, 4.69) is 23.2 Å². The molecular weight excluding hydrogens is 342 g/mol. The summed E-state index contributed by atoms with van der Waals surface area (Å²) in [5.74, 6) is 2.88. The first kappa shape index (κ1) is 16.2. The van der Waals surface area contributed by atoms with Crippen LogP contribution >= 0.6 is 0 Å². The number of hydrogen-bond acceptors (Lipinski definition) is 5. The number of nitrogens with zero attached hydrogens (tertiary/aromatic N) is 2. The molecule has 136 valence electrons. The Balaban J connectivity index is 1.65. The predicted octanol–water partition coefficient (Wildman–Crippen LogP) is 2.71. The van der Waals surface area contributed by atoms with Gasteiger partial charge in [-0.3, -0.25) is 0 Å². The van der Waals surface area contributed by atoms with Gasteiger partial charge in [0.25, 0.3) is 0 Å². The predicted molar refractivity (Wildman–Crippen MR) is 104 cm³/mol. The van der Waals surface area contributed by atoms with Gasteiger partial charge in [0.05, 0.1) is 0 Å². The van der Waals surface area contributed by atoms with E-state index in [1.54, 1.807) is 0 Å². The summed E-state index contributed by atoms with van der Waals surface area (Å²) in [6.07, 6.45) is 0. The molecule has 2 aromatic rings. The van der Waals surface area contributed by atoms with Gasteiger partial charge in [-0.05, 0) is 38.2 Å². The topological polar surface area (TPSA) is 43.2 Å². The van der Waals surface area contributed by atoms with Crippen molar-refractivity contribution in [3.8, 4) is 23.0 Å². The molecule has 6 nitrogen and oxygen atoms in total. The van der Waals surface area contributed by atoms with Crippen LogP contribution in [-0.2, 0) is 0 Å². The lowest BCUT2D eigenvalue weighted by Crippen LogP contribution is -2.73. The molecule has 0 bridgehead atoms. The van der Waals surface area contributed by atoms with Gasteiger partial charge in [-0.1, -0.05) is 24.3 Å². The van der Waals surface area contributed by atoms with Crippen LogP contribution in [0.1, 0.15) is 13.8 Å². The van der Waals surface area contributed by atoms with Crippen LogP contribution in [0, 0.1) is 0 Å². The molecule has 5 rings (SSSR count). The molecule has 8 heteroatoms. The van der Waals surface area contributed by atoms with Gasteiger partial charge >= 0.3 is 13.8 Å². The second-order valence-electron chi connectivity index (χ2n) is 7.13. The third-order valence-electron chi connectivity index (χ3n) is 5.81. The van der Waals surface area contributed by atoms with E-state index < -0.39 is 13.8 Å². The largest absolute Gasteiger partial charge is 0.662 e. The molecule has 3 aliphatic heterocycles. The lowest BCUT2D eigenvalue weighted by Gasteiger charge is -2.46. The van der Waals surface area contributed by atoms with Crippen LogP contribution in [0.15, 0.2) is 59.9 Å². The van der Waals surface area contributed by atoms with E-state index in [9.17, 15) is 0 Å². The van der Waals surface area contributed by atoms with Crippen LogP contribution in [0.2, 0.25) is 0 Å². The molecule has 0 fully saturated rings. The van der Waals surface area contributed by atoms with Gasteiger partial charge in [0.2, 0.25) is 0 Å². The molecule has 2 aromatic carbocycles. The number of hydrogen-bond donors (Lipinski definition) is 0. The number of para-hydroxylation sites is 4. The van der Waals surface area contributed by atoms with E-state index in [0.717, 1.165) is 39.9 Å². The highest BCUT2D eigenvalue weighted by atomic mass is 16.7. The molecule has 0 unspecified atom stereocenters. The van der Waals surface area contributed by atoms with Crippen molar-refractivity contribution in [1.82, 2.24) is 4.81 Å². The summed E-state index contributed by atoms with van der Waals surface area (Å²) in [4.78, 5) is 2.06. The molecule has 1 spiro atoms. The summed E-state index contributed by atoms with van der Waals surface area (Å²) in [5, 5.41) is 0. The van der Waals surface area contributed by atoms with Crippen molar-refractivity contribution in [3.63, 3.8) is 0 Å². The zero-order valence-corrected chi connectivity index (χ0v) is 15.8. The number of allylic oxidation sites excluding steroid dienone is 2. The maximum Gasteiger partial charge on any atom is 0.662 e. The minimum absolute atomic E-state index is 0.632. The smallest absolute Gasteiger partial charge is 0.656 e. The van der Waals surface area contributed by atoms with Gasteiger partial charge < -0.3 is 23.4 Å². The fourth-order valence-corrected chi connectivity index (χ4v) is 4.03. The van der Waals surface area contributed by atoms with Crippen LogP contribution in [0.3, 0.4) is 0 Å². The highest BCUT2D eigenvalue weighted by Crippen LogP contribution is 2.43. The number of rotatable bonds is 1. The molecule has 0 amide bonds. The van der Waals surface area contributed by atoms with Gasteiger partial charge in [0, 0.05) is 12.6 Å². The molecule has 3 heterocycles. The SMILES string of the molecule is CC1=C(C)[N+](C)=C(B2Oc3ccccc3O2)[B-]2(Oc3ccccc3O2)N1C. The Labute approximate surface area is 158 Å². The maximum atomic E-state index is 6.45. The van der Waals surface area contributed by atoms with Gasteiger partial charge in [0.1, 0.15) is 30.0 Å². The summed E-state index contributed by atoms with van der Waals surface area (Å²) in [6.45, 7) is 2.11. The molecule has 3 aliphatic rings. The van der Waals surface area contributed by atoms with E-state index in [-0.39, 0.29) is 0 Å². The second-order valence-corrected chi connectivity index (χ2v) is 7.13. The van der Waals surface area contributed by atoms with E-state index in [1.807, 2.05) is 62.6 Å². The lowest BCUT2D eigenvalue weighted by atomic mass is 9.48. The van der Waals surface area contributed by atoms with Crippen molar-refractivity contribution < 1.29 is 23.2 Å². The van der Waals surface area contributed by atoms with Crippen LogP contribution in [0.5, 0.6) is 23.0 Å². The summed E-state index contributed by atoms with van der Waals surface area (Å²) < 4.78 is 27.3. The van der Waals surface area contributed by atoms with Crippen molar-refractivity contribution >= 4 is 19.3 Å². The highest BCUT2D eigenvalue weighted by Gasteiger charge is 2.63. The third-order valence-corrected chi connectivity index (χ3v) is 5.81. The van der Waals surface area contributed by atoms with E-state index in [0.29, 0.717) is 0 Å². The van der Waals surface area contributed by atoms with Gasteiger partial charge in [-0.25, -0.2) is 4.58 Å². The third kappa shape index (κ3) is 2.13. The summed E-state index contributed by atoms with van der Waals surface area (Å²) in [6, 6.07) is 15.4. The van der Waals surface area contributed by atoms with Crippen molar-refractivity contribution in [2.24, 2.45) is 0 Å². The monoisotopic (exact) mass is 362 g/mol. The molecular formula is C19H20B2N2O4. The van der Waals surface area contributed by atoms with E-state index in [1.165, 1.54) is 0 Å². The van der Waals surface area contributed by atoms with Crippen molar-refractivity contribution in [1.29, 1.82) is 0 Å². The fourth-order valence-electron chi connectivity index (χ4n) is 4.03. The van der Waals surface area contributed by atoms with E-state index in [4.69, 9.17) is 18.6 Å². The standard InChI is InChI=1S/C19H20B2N2O4/c1-13-14(2)23(4)21(26-17-11-7-8-12-18(17)27-21)19(22(13)3)20-24-15-9-5-6-10-16(15)25-20/h5-12H,1-4H3. The van der Waals surface area contributed by atoms with Crippen molar-refractivity contribution in [3.05, 3.63) is 59.9 Å². The van der Waals surface area contributed by atoms with Crippen LogP contribution < -0.4 is 18.6 Å². The summed E-state index contributed by atoms with van der Waals surface area (Å²) >= 11 is 0. The van der Waals surface area contributed by atoms with Crippen molar-refractivity contribution in [2.75, 3.05) is 14.1 Å². The second kappa shape index (κ2) is 5.49. The Morgan fingerprint density at radius 3 is 1.85 bits per heavy atom. The van der Waals surface area contributed by atoms with Gasteiger partial charge in [-0.15, -0.1) is 0 Å². The quantitative estimate of drug-likeness (QED) is 0.577. The Kier molecular flexibility index (Phi) is 3.29. The average Bonchev–Trinajstić information content (AvgIpc) is 3.27. The molecule has 0 saturated heterocycles. The van der Waals surface area contributed by atoms with E-state index >= 15 is 0 Å². The first-order chi connectivity index (χ1) is 13.0. The Bertz CT molecular complexity index is 970. The first-order valence-corrected chi connectivity index (χ1v) is 9.06. The normalized spacial score (nSPS) is 19.4. The molecule has 0 aromatic heterocycles.